The average molecular weight is 421 g/mol. The highest BCUT2D eigenvalue weighted by molar-refractivity contribution is 6.35. The van der Waals surface area contributed by atoms with Gasteiger partial charge in [0.2, 0.25) is 5.91 Å². The third-order valence-electron chi connectivity index (χ3n) is 4.86. The van der Waals surface area contributed by atoms with Gasteiger partial charge in [-0.05, 0) is 44.0 Å². The molecule has 1 aliphatic rings. The lowest BCUT2D eigenvalue weighted by Crippen LogP contribution is -2.28. The predicted molar refractivity (Wildman–Crippen MR) is 114 cm³/mol. The number of hydrogen-bond acceptors (Lipinski definition) is 3. The van der Waals surface area contributed by atoms with Crippen molar-refractivity contribution in [2.24, 2.45) is 0 Å². The second kappa shape index (κ2) is 10.1. The molecule has 6 heteroatoms. The van der Waals surface area contributed by atoms with Gasteiger partial charge in [0.1, 0.15) is 12.4 Å². The topological polar surface area (TPSA) is 41.6 Å². The van der Waals surface area contributed by atoms with Crippen molar-refractivity contribution in [1.29, 1.82) is 0 Å². The van der Waals surface area contributed by atoms with Gasteiger partial charge in [0.25, 0.3) is 0 Å². The molecule has 28 heavy (non-hydrogen) atoms. The van der Waals surface area contributed by atoms with E-state index in [4.69, 9.17) is 27.9 Å². The van der Waals surface area contributed by atoms with E-state index in [0.29, 0.717) is 35.4 Å². The highest BCUT2D eigenvalue weighted by Gasteiger charge is 2.19. The number of amides is 1. The maximum absolute atomic E-state index is 11.6. The molecule has 1 N–H and O–H groups in total. The molecule has 150 valence electrons. The van der Waals surface area contributed by atoms with Crippen molar-refractivity contribution >= 4 is 29.1 Å². The van der Waals surface area contributed by atoms with Crippen molar-refractivity contribution in [2.75, 3.05) is 19.6 Å². The molecule has 2 aromatic carbocycles. The maximum Gasteiger partial charge on any atom is 0.222 e. The highest BCUT2D eigenvalue weighted by atomic mass is 35.5. The Bertz CT molecular complexity index is 809. The first kappa shape index (κ1) is 21.0. The fourth-order valence-corrected chi connectivity index (χ4v) is 3.89. The molecule has 4 nitrogen and oxygen atoms in total. The molecule has 0 aliphatic carbocycles. The van der Waals surface area contributed by atoms with E-state index in [1.807, 2.05) is 11.0 Å². The quantitative estimate of drug-likeness (QED) is 0.581. The van der Waals surface area contributed by atoms with E-state index in [2.05, 4.69) is 36.5 Å². The molecular weight excluding hydrogens is 395 g/mol. The molecule has 1 amide bonds. The lowest BCUT2D eigenvalue weighted by Gasteiger charge is -2.17. The number of nitrogens with zero attached hydrogens (tertiary/aromatic N) is 1. The van der Waals surface area contributed by atoms with Gasteiger partial charge in [-0.25, -0.2) is 0 Å². The Labute approximate surface area is 176 Å². The summed E-state index contributed by atoms with van der Waals surface area (Å²) in [6.45, 7) is 5.62. The smallest absolute Gasteiger partial charge is 0.222 e. The van der Waals surface area contributed by atoms with Crippen LogP contribution < -0.4 is 10.1 Å². The minimum absolute atomic E-state index is 0.272. The fraction of sp³-hybridized carbons (Fsp3) is 0.409. The molecule has 2 aromatic rings. The molecule has 0 unspecified atom stereocenters. The molecule has 0 atom stereocenters. The zero-order valence-electron chi connectivity index (χ0n) is 16.1. The van der Waals surface area contributed by atoms with Gasteiger partial charge in [0.05, 0.1) is 5.02 Å². The Balaban J connectivity index is 1.54. The van der Waals surface area contributed by atoms with Gasteiger partial charge in [0, 0.05) is 36.6 Å². The van der Waals surface area contributed by atoms with Crippen molar-refractivity contribution in [3.8, 4) is 5.75 Å². The van der Waals surface area contributed by atoms with E-state index in [0.717, 1.165) is 43.6 Å². The van der Waals surface area contributed by atoms with Crippen LogP contribution in [-0.4, -0.2) is 30.4 Å². The van der Waals surface area contributed by atoms with E-state index < -0.39 is 0 Å². The molecule has 0 bridgehead atoms. The zero-order chi connectivity index (χ0) is 19.9. The summed E-state index contributed by atoms with van der Waals surface area (Å²) in [5.74, 6) is 0.933. The summed E-state index contributed by atoms with van der Waals surface area (Å²) >= 11 is 12.6. The molecule has 0 saturated carbocycles. The van der Waals surface area contributed by atoms with Crippen LogP contribution in [0.5, 0.6) is 5.75 Å². The van der Waals surface area contributed by atoms with Crippen LogP contribution in [0.25, 0.3) is 0 Å². The van der Waals surface area contributed by atoms with Gasteiger partial charge in [-0.15, -0.1) is 0 Å². The first-order chi connectivity index (χ1) is 13.5. The first-order valence-corrected chi connectivity index (χ1v) is 10.4. The van der Waals surface area contributed by atoms with E-state index >= 15 is 0 Å². The van der Waals surface area contributed by atoms with Crippen LogP contribution in [0.4, 0.5) is 0 Å². The number of rotatable bonds is 9. The standard InChI is InChI=1S/C22H26Cl2N2O2/c1-16-5-7-17(8-6-16)15-28-22-18(12-19(23)13-20(22)24)14-25-9-3-11-26-10-2-4-21(26)27/h5-8,12-13,25H,2-4,9-11,14-15H2,1H3. The number of halogens is 2. The SMILES string of the molecule is Cc1ccc(COc2c(Cl)cc(Cl)cc2CNCCCN2CCCC2=O)cc1. The summed E-state index contributed by atoms with van der Waals surface area (Å²) in [4.78, 5) is 13.6. The number of aryl methyl sites for hydroxylation is 1. The molecule has 1 saturated heterocycles. The molecule has 0 spiro atoms. The van der Waals surface area contributed by atoms with Gasteiger partial charge in [0.15, 0.2) is 0 Å². The van der Waals surface area contributed by atoms with Crippen LogP contribution in [-0.2, 0) is 17.9 Å². The van der Waals surface area contributed by atoms with E-state index in [9.17, 15) is 4.79 Å². The summed E-state index contributed by atoms with van der Waals surface area (Å²) in [5.41, 5.74) is 3.24. The zero-order valence-corrected chi connectivity index (χ0v) is 17.7. The molecule has 1 fully saturated rings. The van der Waals surface area contributed by atoms with Gasteiger partial charge >= 0.3 is 0 Å². The van der Waals surface area contributed by atoms with Crippen molar-refractivity contribution in [3.05, 3.63) is 63.1 Å². The van der Waals surface area contributed by atoms with Crippen molar-refractivity contribution in [1.82, 2.24) is 10.2 Å². The molecule has 0 aromatic heterocycles. The third kappa shape index (κ3) is 5.87. The van der Waals surface area contributed by atoms with Gasteiger partial charge < -0.3 is 15.0 Å². The normalized spacial score (nSPS) is 14.0. The molecule has 3 rings (SSSR count). The van der Waals surface area contributed by atoms with Crippen molar-refractivity contribution in [2.45, 2.75) is 39.3 Å². The molecule has 1 aliphatic heterocycles. The number of likely N-dealkylation sites (tertiary alicyclic amines) is 1. The first-order valence-electron chi connectivity index (χ1n) is 9.67. The second-order valence-corrected chi connectivity index (χ2v) is 8.01. The lowest BCUT2D eigenvalue weighted by molar-refractivity contribution is -0.127. The second-order valence-electron chi connectivity index (χ2n) is 7.16. The number of carbonyl (C=O) groups excluding carboxylic acids is 1. The Morgan fingerprint density at radius 3 is 2.68 bits per heavy atom. The summed E-state index contributed by atoms with van der Waals surface area (Å²) in [5, 5.41) is 4.51. The van der Waals surface area contributed by atoms with E-state index in [1.165, 1.54) is 5.56 Å². The number of hydrogen-bond donors (Lipinski definition) is 1. The largest absolute Gasteiger partial charge is 0.487 e. The van der Waals surface area contributed by atoms with E-state index in [-0.39, 0.29) is 5.91 Å². The minimum Gasteiger partial charge on any atom is -0.487 e. The molecular formula is C22H26Cl2N2O2. The number of nitrogens with one attached hydrogen (secondary N) is 1. The van der Waals surface area contributed by atoms with Crippen LogP contribution in [0.15, 0.2) is 36.4 Å². The molecule has 0 radical (unpaired) electrons. The van der Waals surface area contributed by atoms with Crippen LogP contribution in [0.3, 0.4) is 0 Å². The predicted octanol–water partition coefficient (Wildman–Crippen LogP) is 4.98. The number of carbonyl (C=O) groups is 1. The maximum atomic E-state index is 11.6. The van der Waals surface area contributed by atoms with Crippen LogP contribution >= 0.6 is 23.2 Å². The minimum atomic E-state index is 0.272. The van der Waals surface area contributed by atoms with Gasteiger partial charge in [-0.1, -0.05) is 53.0 Å². The van der Waals surface area contributed by atoms with Crippen molar-refractivity contribution < 1.29 is 9.53 Å². The number of ether oxygens (including phenoxy) is 1. The summed E-state index contributed by atoms with van der Waals surface area (Å²) in [6, 6.07) is 11.8. The lowest BCUT2D eigenvalue weighted by atomic mass is 10.1. The average Bonchev–Trinajstić information content (AvgIpc) is 3.07. The fourth-order valence-electron chi connectivity index (χ4n) is 3.30. The summed E-state index contributed by atoms with van der Waals surface area (Å²) in [6.07, 6.45) is 2.59. The Kier molecular flexibility index (Phi) is 7.60. The van der Waals surface area contributed by atoms with Crippen LogP contribution in [0.1, 0.15) is 36.0 Å². The van der Waals surface area contributed by atoms with Gasteiger partial charge in [-0.2, -0.15) is 0 Å². The van der Waals surface area contributed by atoms with Crippen molar-refractivity contribution in [3.63, 3.8) is 0 Å². The summed E-state index contributed by atoms with van der Waals surface area (Å²) in [7, 11) is 0. The van der Waals surface area contributed by atoms with Gasteiger partial charge in [-0.3, -0.25) is 4.79 Å². The highest BCUT2D eigenvalue weighted by Crippen LogP contribution is 2.33. The van der Waals surface area contributed by atoms with Crippen LogP contribution in [0.2, 0.25) is 10.0 Å². The Morgan fingerprint density at radius 2 is 1.96 bits per heavy atom. The Hall–Kier alpha value is -1.75. The Morgan fingerprint density at radius 1 is 1.18 bits per heavy atom. The summed E-state index contributed by atoms with van der Waals surface area (Å²) < 4.78 is 6.02. The monoisotopic (exact) mass is 420 g/mol. The van der Waals surface area contributed by atoms with Crippen LogP contribution in [0, 0.1) is 6.92 Å². The molecule has 1 heterocycles. The van der Waals surface area contributed by atoms with E-state index in [1.54, 1.807) is 6.07 Å². The number of benzene rings is 2. The third-order valence-corrected chi connectivity index (χ3v) is 5.36.